The molecule has 0 amide bonds. The Labute approximate surface area is 149 Å². The third-order valence-corrected chi connectivity index (χ3v) is 5.00. The molecule has 1 unspecified atom stereocenters. The van der Waals surface area contributed by atoms with E-state index in [2.05, 4.69) is 31.0 Å². The van der Waals surface area contributed by atoms with Crippen molar-refractivity contribution in [3.05, 3.63) is 34.6 Å². The zero-order chi connectivity index (χ0) is 16.4. The van der Waals surface area contributed by atoms with Crippen molar-refractivity contribution in [1.29, 1.82) is 0 Å². The first kappa shape index (κ1) is 16.2. The summed E-state index contributed by atoms with van der Waals surface area (Å²) < 4.78 is 18.3. The van der Waals surface area contributed by atoms with Crippen LogP contribution >= 0.6 is 15.9 Å². The predicted octanol–water partition coefficient (Wildman–Crippen LogP) is 3.23. The van der Waals surface area contributed by atoms with Gasteiger partial charge in [-0.25, -0.2) is 0 Å². The van der Waals surface area contributed by atoms with E-state index in [-0.39, 0.29) is 12.3 Å². The van der Waals surface area contributed by atoms with Crippen LogP contribution in [0.1, 0.15) is 25.2 Å². The maximum atomic E-state index is 5.87. The second-order valence-corrected chi connectivity index (χ2v) is 7.07. The summed E-state index contributed by atoms with van der Waals surface area (Å²) in [5.74, 6) is 1.18. The molecule has 0 N–H and O–H groups in total. The summed E-state index contributed by atoms with van der Waals surface area (Å²) in [6.45, 7) is 3.00. The second kappa shape index (κ2) is 7.31. The fourth-order valence-corrected chi connectivity index (χ4v) is 3.75. The molecule has 2 aromatic rings. The fourth-order valence-electron chi connectivity index (χ4n) is 3.35. The van der Waals surface area contributed by atoms with Crippen LogP contribution < -0.4 is 0 Å². The second-order valence-electron chi connectivity index (χ2n) is 6.15. The smallest absolute Gasteiger partial charge is 0.247 e. The Morgan fingerprint density at radius 2 is 2.04 bits per heavy atom. The number of likely N-dealkylation sites (tertiary alicyclic amines) is 1. The summed E-state index contributed by atoms with van der Waals surface area (Å²) in [7, 11) is 0. The number of hydrogen-bond acceptors (Lipinski definition) is 6. The van der Waals surface area contributed by atoms with Gasteiger partial charge >= 0.3 is 0 Å². The molecule has 128 valence electrons. The Kier molecular flexibility index (Phi) is 4.93. The maximum Gasteiger partial charge on any atom is 0.247 e. The Balaban J connectivity index is 1.48. The van der Waals surface area contributed by atoms with E-state index in [0.717, 1.165) is 23.0 Å². The van der Waals surface area contributed by atoms with Gasteiger partial charge in [-0.3, -0.25) is 4.90 Å². The average Bonchev–Trinajstić information content (AvgIpc) is 3.27. The predicted molar refractivity (Wildman–Crippen MR) is 91.2 cm³/mol. The average molecular weight is 394 g/mol. The van der Waals surface area contributed by atoms with Crippen molar-refractivity contribution in [2.45, 2.75) is 38.1 Å². The number of nitrogens with zero attached hydrogens (tertiary/aromatic N) is 3. The van der Waals surface area contributed by atoms with Gasteiger partial charge in [0.1, 0.15) is 0 Å². The summed E-state index contributed by atoms with van der Waals surface area (Å²) in [6, 6.07) is 8.13. The van der Waals surface area contributed by atoms with Crippen molar-refractivity contribution in [2.24, 2.45) is 0 Å². The van der Waals surface area contributed by atoms with Gasteiger partial charge in [-0.15, -0.1) is 10.2 Å². The Morgan fingerprint density at radius 1 is 1.17 bits per heavy atom. The molecule has 2 fully saturated rings. The van der Waals surface area contributed by atoms with Crippen molar-refractivity contribution in [3.63, 3.8) is 0 Å². The molecule has 0 saturated carbocycles. The first-order valence-electron chi connectivity index (χ1n) is 8.35. The first-order chi connectivity index (χ1) is 11.8. The van der Waals surface area contributed by atoms with Crippen molar-refractivity contribution in [1.82, 2.24) is 15.1 Å². The minimum Gasteiger partial charge on any atom is -0.419 e. The van der Waals surface area contributed by atoms with Crippen LogP contribution in [0, 0.1) is 0 Å². The molecule has 2 aliphatic rings. The van der Waals surface area contributed by atoms with Gasteiger partial charge in [0.05, 0.1) is 25.8 Å². The molecule has 1 aromatic heterocycles. The number of aromatic nitrogens is 2. The monoisotopic (exact) mass is 393 g/mol. The van der Waals surface area contributed by atoms with Crippen molar-refractivity contribution < 1.29 is 13.9 Å². The normalized spacial score (nSPS) is 23.0. The molecule has 6 nitrogen and oxygen atoms in total. The highest BCUT2D eigenvalue weighted by Gasteiger charge is 2.34. The molecular weight excluding hydrogens is 374 g/mol. The number of ether oxygens (including phenoxy) is 2. The van der Waals surface area contributed by atoms with Crippen LogP contribution in [0.25, 0.3) is 11.5 Å². The molecule has 0 aliphatic carbocycles. The van der Waals surface area contributed by atoms with Crippen molar-refractivity contribution in [2.75, 3.05) is 19.8 Å². The van der Waals surface area contributed by atoms with E-state index < -0.39 is 0 Å². The van der Waals surface area contributed by atoms with Crippen LogP contribution in [0.5, 0.6) is 0 Å². The molecule has 1 atom stereocenters. The highest BCUT2D eigenvalue weighted by molar-refractivity contribution is 9.10. The van der Waals surface area contributed by atoms with Gasteiger partial charge in [0.15, 0.2) is 6.29 Å². The van der Waals surface area contributed by atoms with E-state index >= 15 is 0 Å². The van der Waals surface area contributed by atoms with Gasteiger partial charge in [0.2, 0.25) is 11.8 Å². The van der Waals surface area contributed by atoms with Crippen LogP contribution in [0.4, 0.5) is 0 Å². The van der Waals surface area contributed by atoms with Crippen LogP contribution in [0.3, 0.4) is 0 Å². The van der Waals surface area contributed by atoms with Gasteiger partial charge in [-0.2, -0.15) is 0 Å². The molecule has 0 radical (unpaired) electrons. The summed E-state index contributed by atoms with van der Waals surface area (Å²) in [6.07, 6.45) is 3.34. The molecule has 1 aromatic carbocycles. The van der Waals surface area contributed by atoms with E-state index in [9.17, 15) is 0 Å². The summed E-state index contributed by atoms with van der Waals surface area (Å²) in [5.41, 5.74) is 0.917. The molecule has 0 spiro atoms. The molecule has 2 saturated heterocycles. The lowest BCUT2D eigenvalue weighted by Gasteiger charge is -2.37. The topological polar surface area (TPSA) is 60.6 Å². The van der Waals surface area contributed by atoms with Crippen LogP contribution in [0.15, 0.2) is 33.2 Å². The van der Waals surface area contributed by atoms with Gasteiger partial charge in [0, 0.05) is 10.0 Å². The first-order valence-corrected chi connectivity index (χ1v) is 9.14. The van der Waals surface area contributed by atoms with Gasteiger partial charge in [0.25, 0.3) is 0 Å². The Bertz CT molecular complexity index is 687. The minimum absolute atomic E-state index is 0.127. The van der Waals surface area contributed by atoms with E-state index in [0.29, 0.717) is 31.5 Å². The highest BCUT2D eigenvalue weighted by Crippen LogP contribution is 2.27. The maximum absolute atomic E-state index is 5.87. The highest BCUT2D eigenvalue weighted by atomic mass is 79.9. The molecule has 3 heterocycles. The van der Waals surface area contributed by atoms with E-state index in [1.807, 2.05) is 24.3 Å². The van der Waals surface area contributed by atoms with E-state index in [1.54, 1.807) is 0 Å². The quantitative estimate of drug-likeness (QED) is 0.794. The largest absolute Gasteiger partial charge is 0.419 e. The third-order valence-electron chi connectivity index (χ3n) is 4.50. The SMILES string of the molecule is Brc1cccc(-c2nnc(CN3CCCCC3C3OCCO3)o2)c1. The van der Waals surface area contributed by atoms with Gasteiger partial charge in [-0.05, 0) is 37.6 Å². The standard InChI is InChI=1S/C17H20BrN3O3/c18-13-5-3-4-12(10-13)16-20-19-15(24-16)11-21-7-2-1-6-14(21)17-22-8-9-23-17/h3-5,10,14,17H,1-2,6-9,11H2. The van der Waals surface area contributed by atoms with Crippen molar-refractivity contribution in [3.8, 4) is 11.5 Å². The van der Waals surface area contributed by atoms with Crippen LogP contribution in [-0.2, 0) is 16.0 Å². The lowest BCUT2D eigenvalue weighted by atomic mass is 10.0. The summed E-state index contributed by atoms with van der Waals surface area (Å²) in [5, 5.41) is 8.41. The number of benzene rings is 1. The van der Waals surface area contributed by atoms with Gasteiger partial charge < -0.3 is 13.9 Å². The van der Waals surface area contributed by atoms with Gasteiger partial charge in [-0.1, -0.05) is 28.4 Å². The zero-order valence-electron chi connectivity index (χ0n) is 13.4. The summed E-state index contributed by atoms with van der Waals surface area (Å²) >= 11 is 3.47. The molecule has 2 aliphatic heterocycles. The van der Waals surface area contributed by atoms with E-state index in [4.69, 9.17) is 13.9 Å². The van der Waals surface area contributed by atoms with Crippen LogP contribution in [-0.4, -0.2) is 47.2 Å². The number of halogens is 1. The summed E-state index contributed by atoms with van der Waals surface area (Å²) in [4.78, 5) is 2.34. The molecular formula is C17H20BrN3O3. The molecule has 24 heavy (non-hydrogen) atoms. The van der Waals surface area contributed by atoms with Crippen molar-refractivity contribution >= 4 is 15.9 Å². The number of piperidine rings is 1. The lowest BCUT2D eigenvalue weighted by Crippen LogP contribution is -2.46. The number of rotatable bonds is 4. The Hall–Kier alpha value is -1.28. The fraction of sp³-hybridized carbons (Fsp3) is 0.529. The molecule has 4 rings (SSSR count). The minimum atomic E-state index is -0.127. The molecule has 7 heteroatoms. The third kappa shape index (κ3) is 3.54. The Morgan fingerprint density at radius 3 is 2.88 bits per heavy atom. The molecule has 0 bridgehead atoms. The number of hydrogen-bond donors (Lipinski definition) is 0. The lowest BCUT2D eigenvalue weighted by molar-refractivity contribution is -0.112. The van der Waals surface area contributed by atoms with E-state index in [1.165, 1.54) is 12.8 Å². The van der Waals surface area contributed by atoms with Crippen LogP contribution in [0.2, 0.25) is 0 Å². The zero-order valence-corrected chi connectivity index (χ0v) is 14.9.